The monoisotopic (exact) mass is 249 g/mol. The summed E-state index contributed by atoms with van der Waals surface area (Å²) in [7, 11) is 0. The van der Waals surface area contributed by atoms with E-state index >= 15 is 0 Å². The topological polar surface area (TPSA) is 50.2 Å². The fourth-order valence-electron chi connectivity index (χ4n) is 0.767. The van der Waals surface area contributed by atoms with E-state index < -0.39 is 5.97 Å². The van der Waals surface area contributed by atoms with Gasteiger partial charge in [-0.25, -0.2) is 4.98 Å². The lowest BCUT2D eigenvalue weighted by Crippen LogP contribution is -2.11. The van der Waals surface area contributed by atoms with Crippen LogP contribution in [0, 0.1) is 5.92 Å². The number of thiazole rings is 1. The summed E-state index contributed by atoms with van der Waals surface area (Å²) in [5.74, 6) is -1.10. The van der Waals surface area contributed by atoms with Crippen molar-refractivity contribution in [2.45, 2.75) is 13.3 Å². The van der Waals surface area contributed by atoms with Crippen molar-refractivity contribution in [2.75, 3.05) is 0 Å². The molecule has 1 aromatic heterocycles. The van der Waals surface area contributed by atoms with E-state index in [-0.39, 0.29) is 5.92 Å². The van der Waals surface area contributed by atoms with Gasteiger partial charge in [-0.1, -0.05) is 6.92 Å². The first kappa shape index (κ1) is 9.67. The summed E-state index contributed by atoms with van der Waals surface area (Å²) < 4.78 is 0.801. The number of carboxylic acids is 1. The lowest BCUT2D eigenvalue weighted by atomic mass is 10.1. The molecular weight excluding hydrogens is 242 g/mol. The van der Waals surface area contributed by atoms with Gasteiger partial charge in [0.05, 0.1) is 5.92 Å². The minimum atomic E-state index is -0.764. The molecule has 66 valence electrons. The number of carboxylic acid groups (broad SMARTS) is 1. The van der Waals surface area contributed by atoms with Crippen LogP contribution >= 0.6 is 27.3 Å². The summed E-state index contributed by atoms with van der Waals surface area (Å²) >= 11 is 4.69. The van der Waals surface area contributed by atoms with Gasteiger partial charge in [0.25, 0.3) is 0 Å². The van der Waals surface area contributed by atoms with Crippen LogP contribution in [0.2, 0.25) is 0 Å². The van der Waals surface area contributed by atoms with E-state index in [1.54, 1.807) is 13.1 Å². The van der Waals surface area contributed by atoms with E-state index in [4.69, 9.17) is 5.11 Å². The third-order valence-corrected chi connectivity index (χ3v) is 2.95. The Bertz CT molecular complexity index is 287. The maximum absolute atomic E-state index is 10.5. The van der Waals surface area contributed by atoms with E-state index in [2.05, 4.69) is 20.9 Å². The highest BCUT2D eigenvalue weighted by Gasteiger charge is 2.12. The van der Waals surface area contributed by atoms with Gasteiger partial charge in [-0.05, 0) is 22.4 Å². The van der Waals surface area contributed by atoms with Crippen molar-refractivity contribution in [2.24, 2.45) is 5.92 Å². The minimum Gasteiger partial charge on any atom is -0.481 e. The number of nitrogens with zero attached hydrogens (tertiary/aromatic N) is 1. The molecule has 1 unspecified atom stereocenters. The number of halogens is 1. The van der Waals surface area contributed by atoms with Gasteiger partial charge in [0.2, 0.25) is 0 Å². The molecule has 1 N–H and O–H groups in total. The molecule has 3 nitrogen and oxygen atoms in total. The summed E-state index contributed by atoms with van der Waals surface area (Å²) in [5, 5.41) is 8.62. The Hall–Kier alpha value is -0.420. The van der Waals surface area contributed by atoms with E-state index in [1.807, 2.05) is 0 Å². The standard InChI is InChI=1S/C7H8BrNO2S/c1-4(6(10)11)2-5-3-9-7(8)12-5/h3-4H,2H2,1H3,(H,10,11). The molecule has 0 radical (unpaired) electrons. The second-order valence-electron chi connectivity index (χ2n) is 2.52. The third kappa shape index (κ3) is 2.57. The zero-order chi connectivity index (χ0) is 9.14. The lowest BCUT2D eigenvalue weighted by molar-refractivity contribution is -0.141. The van der Waals surface area contributed by atoms with Crippen molar-refractivity contribution < 1.29 is 9.90 Å². The Morgan fingerprint density at radius 1 is 1.92 bits per heavy atom. The molecule has 1 aromatic rings. The Morgan fingerprint density at radius 3 is 3.00 bits per heavy atom. The quantitative estimate of drug-likeness (QED) is 0.894. The highest BCUT2D eigenvalue weighted by molar-refractivity contribution is 9.11. The number of hydrogen-bond acceptors (Lipinski definition) is 3. The molecule has 0 spiro atoms. The molecular formula is C7H8BrNO2S. The van der Waals surface area contributed by atoms with Crippen LogP contribution in [0.25, 0.3) is 0 Å². The predicted molar refractivity (Wildman–Crippen MR) is 50.3 cm³/mol. The Labute approximate surface area is 82.6 Å². The van der Waals surface area contributed by atoms with E-state index in [9.17, 15) is 4.79 Å². The first-order chi connectivity index (χ1) is 5.59. The lowest BCUT2D eigenvalue weighted by Gasteiger charge is -2.01. The molecule has 0 bridgehead atoms. The fraction of sp³-hybridized carbons (Fsp3) is 0.429. The largest absolute Gasteiger partial charge is 0.481 e. The van der Waals surface area contributed by atoms with Crippen LogP contribution in [0.15, 0.2) is 10.1 Å². The van der Waals surface area contributed by atoms with Gasteiger partial charge in [0, 0.05) is 11.1 Å². The van der Waals surface area contributed by atoms with Crippen molar-refractivity contribution in [1.82, 2.24) is 4.98 Å². The summed E-state index contributed by atoms with van der Waals surface area (Å²) in [6.45, 7) is 1.69. The number of rotatable bonds is 3. The summed E-state index contributed by atoms with van der Waals surface area (Å²) in [6.07, 6.45) is 2.26. The van der Waals surface area contributed by atoms with Crippen molar-refractivity contribution in [1.29, 1.82) is 0 Å². The molecule has 12 heavy (non-hydrogen) atoms. The van der Waals surface area contributed by atoms with Crippen molar-refractivity contribution >= 4 is 33.2 Å². The van der Waals surface area contributed by atoms with Gasteiger partial charge in [-0.3, -0.25) is 4.79 Å². The predicted octanol–water partition coefficient (Wildman–Crippen LogP) is 2.17. The number of aromatic nitrogens is 1. The van der Waals surface area contributed by atoms with Gasteiger partial charge >= 0.3 is 5.97 Å². The first-order valence-electron chi connectivity index (χ1n) is 3.42. The van der Waals surface area contributed by atoms with Gasteiger partial charge in [-0.2, -0.15) is 0 Å². The van der Waals surface area contributed by atoms with E-state index in [0.29, 0.717) is 6.42 Å². The van der Waals surface area contributed by atoms with Crippen LogP contribution in [-0.4, -0.2) is 16.1 Å². The van der Waals surface area contributed by atoms with Gasteiger partial charge in [0.15, 0.2) is 3.92 Å². The van der Waals surface area contributed by atoms with Gasteiger partial charge in [0.1, 0.15) is 0 Å². The van der Waals surface area contributed by atoms with Crippen LogP contribution in [0.1, 0.15) is 11.8 Å². The Morgan fingerprint density at radius 2 is 2.58 bits per heavy atom. The second-order valence-corrected chi connectivity index (χ2v) is 4.91. The molecule has 0 aliphatic rings. The van der Waals surface area contributed by atoms with Crippen LogP contribution in [0.4, 0.5) is 0 Å². The highest BCUT2D eigenvalue weighted by atomic mass is 79.9. The maximum Gasteiger partial charge on any atom is 0.306 e. The van der Waals surface area contributed by atoms with E-state index in [0.717, 1.165) is 8.79 Å². The summed E-state index contributed by atoms with van der Waals surface area (Å²) in [6, 6.07) is 0. The molecule has 1 heterocycles. The smallest absolute Gasteiger partial charge is 0.306 e. The molecule has 1 atom stereocenters. The Kier molecular flexibility index (Phi) is 3.22. The fourth-order valence-corrected chi connectivity index (χ4v) is 2.25. The third-order valence-electron chi connectivity index (χ3n) is 1.45. The SMILES string of the molecule is CC(Cc1cnc(Br)s1)C(=O)O. The number of hydrogen-bond donors (Lipinski definition) is 1. The molecule has 0 aliphatic heterocycles. The number of carbonyl (C=O) groups is 1. The van der Waals surface area contributed by atoms with Crippen LogP contribution in [-0.2, 0) is 11.2 Å². The average molecular weight is 250 g/mol. The van der Waals surface area contributed by atoms with Crippen molar-refractivity contribution in [3.8, 4) is 0 Å². The van der Waals surface area contributed by atoms with Crippen molar-refractivity contribution in [3.63, 3.8) is 0 Å². The van der Waals surface area contributed by atoms with Crippen LogP contribution in [0.5, 0.6) is 0 Å². The molecule has 0 amide bonds. The molecule has 0 aliphatic carbocycles. The summed E-state index contributed by atoms with van der Waals surface area (Å²) in [4.78, 5) is 15.5. The molecule has 0 saturated heterocycles. The second kappa shape index (κ2) is 4.00. The molecule has 0 aromatic carbocycles. The van der Waals surface area contributed by atoms with E-state index in [1.165, 1.54) is 11.3 Å². The Balaban J connectivity index is 2.58. The molecule has 1 rings (SSSR count). The van der Waals surface area contributed by atoms with Gasteiger partial charge in [-0.15, -0.1) is 11.3 Å². The maximum atomic E-state index is 10.5. The number of aliphatic carboxylic acids is 1. The van der Waals surface area contributed by atoms with Gasteiger partial charge < -0.3 is 5.11 Å². The average Bonchev–Trinajstić information content (AvgIpc) is 2.35. The first-order valence-corrected chi connectivity index (χ1v) is 5.03. The minimum absolute atomic E-state index is 0.336. The molecule has 0 saturated carbocycles. The highest BCUT2D eigenvalue weighted by Crippen LogP contribution is 2.21. The normalized spacial score (nSPS) is 12.8. The van der Waals surface area contributed by atoms with Crippen LogP contribution < -0.4 is 0 Å². The molecule has 0 fully saturated rings. The zero-order valence-corrected chi connectivity index (χ0v) is 8.85. The van der Waals surface area contributed by atoms with Crippen LogP contribution in [0.3, 0.4) is 0 Å². The molecule has 5 heteroatoms. The van der Waals surface area contributed by atoms with Crippen molar-refractivity contribution in [3.05, 3.63) is 15.0 Å². The summed E-state index contributed by atoms with van der Waals surface area (Å²) in [5.41, 5.74) is 0. The zero-order valence-electron chi connectivity index (χ0n) is 6.45.